The third-order valence-electron chi connectivity index (χ3n) is 9.82. The predicted octanol–water partition coefficient (Wildman–Crippen LogP) is 10.4. The zero-order valence-corrected chi connectivity index (χ0v) is 24.1. The molecule has 4 nitrogen and oxygen atoms in total. The molecular weight excluding hydrogens is 548 g/mol. The van der Waals surface area contributed by atoms with Gasteiger partial charge in [-0.15, -0.1) is 0 Å². The van der Waals surface area contributed by atoms with Crippen molar-refractivity contribution < 1.29 is 0 Å². The molecule has 0 bridgehead atoms. The highest BCUT2D eigenvalue weighted by molar-refractivity contribution is 6.36. The molecule has 0 aliphatic heterocycles. The van der Waals surface area contributed by atoms with E-state index in [0.717, 1.165) is 16.9 Å². The Bertz CT molecular complexity index is 2970. The first-order valence-electron chi connectivity index (χ1n) is 15.4. The van der Waals surface area contributed by atoms with Gasteiger partial charge in [-0.05, 0) is 42.5 Å². The standard InChI is InChI=1S/C41H24N4/c1-2-12-25(13-3-1)43-32-19-9-5-15-27(32)38-36(43)23-42-24-37(38)44-33-20-10-6-16-28(33)39-35(44)22-30-26-14-4-8-18-31(26)45-34-21-11-7-17-29(34)40(39)41(30)45/h1-24H. The molecule has 0 saturated carbocycles. The van der Waals surface area contributed by atoms with Crippen LogP contribution in [0, 0.1) is 0 Å². The lowest BCUT2D eigenvalue weighted by Gasteiger charge is -2.11. The normalized spacial score (nSPS) is 12.4. The molecule has 45 heavy (non-hydrogen) atoms. The van der Waals surface area contributed by atoms with Crippen molar-refractivity contribution in [3.8, 4) is 11.4 Å². The molecule has 0 spiro atoms. The minimum atomic E-state index is 1.09. The largest absolute Gasteiger partial charge is 0.308 e. The fourth-order valence-corrected chi connectivity index (χ4v) is 8.14. The van der Waals surface area contributed by atoms with Gasteiger partial charge in [0, 0.05) is 48.8 Å². The number of fused-ring (bicyclic) bond motifs is 13. The van der Waals surface area contributed by atoms with Gasteiger partial charge in [-0.1, -0.05) is 91.0 Å². The molecule has 5 aromatic heterocycles. The number of aromatic nitrogens is 4. The fraction of sp³-hybridized carbons (Fsp3) is 0. The molecule has 0 fully saturated rings. The van der Waals surface area contributed by atoms with Gasteiger partial charge in [-0.2, -0.15) is 0 Å². The Balaban J connectivity index is 1.40. The van der Waals surface area contributed by atoms with Gasteiger partial charge in [0.1, 0.15) is 0 Å². The molecule has 11 rings (SSSR count). The highest BCUT2D eigenvalue weighted by Gasteiger charge is 2.25. The number of para-hydroxylation sites is 5. The fourth-order valence-electron chi connectivity index (χ4n) is 8.14. The van der Waals surface area contributed by atoms with Crippen molar-refractivity contribution in [3.05, 3.63) is 146 Å². The Morgan fingerprint density at radius 3 is 1.67 bits per heavy atom. The second kappa shape index (κ2) is 8.28. The molecule has 0 N–H and O–H groups in total. The van der Waals surface area contributed by atoms with Crippen LogP contribution in [0.5, 0.6) is 0 Å². The van der Waals surface area contributed by atoms with Crippen LogP contribution in [-0.4, -0.2) is 18.5 Å². The van der Waals surface area contributed by atoms with Crippen LogP contribution < -0.4 is 0 Å². The van der Waals surface area contributed by atoms with Crippen LogP contribution in [0.2, 0.25) is 0 Å². The Labute approximate surface area is 256 Å². The SMILES string of the molecule is c1ccc(-n2c3ccccc3c3c(-n4c5ccccc5c5c6c7ccccc7n7c8ccccc8c(cc54)c67)cncc32)cc1. The quantitative estimate of drug-likeness (QED) is 0.202. The third-order valence-corrected chi connectivity index (χ3v) is 9.82. The van der Waals surface area contributed by atoms with Gasteiger partial charge < -0.3 is 13.5 Å². The monoisotopic (exact) mass is 572 g/mol. The van der Waals surface area contributed by atoms with Gasteiger partial charge in [0.25, 0.3) is 0 Å². The lowest BCUT2D eigenvalue weighted by Crippen LogP contribution is -1.97. The summed E-state index contributed by atoms with van der Waals surface area (Å²) in [5.41, 5.74) is 10.7. The first-order chi connectivity index (χ1) is 22.4. The summed E-state index contributed by atoms with van der Waals surface area (Å²) in [5, 5.41) is 10.1. The number of benzene rings is 6. The zero-order chi connectivity index (χ0) is 29.2. The minimum Gasteiger partial charge on any atom is -0.308 e. The van der Waals surface area contributed by atoms with Gasteiger partial charge >= 0.3 is 0 Å². The molecule has 0 aliphatic carbocycles. The predicted molar refractivity (Wildman–Crippen MR) is 188 cm³/mol. The van der Waals surface area contributed by atoms with Crippen molar-refractivity contribution >= 4 is 81.7 Å². The van der Waals surface area contributed by atoms with Gasteiger partial charge in [0.2, 0.25) is 0 Å². The van der Waals surface area contributed by atoms with Crippen LogP contribution in [-0.2, 0) is 0 Å². The van der Waals surface area contributed by atoms with E-state index >= 15 is 0 Å². The first-order valence-corrected chi connectivity index (χ1v) is 15.4. The maximum Gasteiger partial charge on any atom is 0.0745 e. The summed E-state index contributed by atoms with van der Waals surface area (Å²) in [5.74, 6) is 0. The zero-order valence-electron chi connectivity index (χ0n) is 24.1. The van der Waals surface area contributed by atoms with Crippen molar-refractivity contribution in [1.29, 1.82) is 0 Å². The Kier molecular flexibility index (Phi) is 4.29. The molecule has 208 valence electrons. The highest BCUT2D eigenvalue weighted by Crippen LogP contribution is 2.47. The first kappa shape index (κ1) is 23.3. The summed E-state index contributed by atoms with van der Waals surface area (Å²) in [6.07, 6.45) is 4.07. The topological polar surface area (TPSA) is 27.2 Å². The van der Waals surface area contributed by atoms with Crippen molar-refractivity contribution in [2.24, 2.45) is 0 Å². The van der Waals surface area contributed by atoms with Crippen LogP contribution in [0.25, 0.3) is 93.1 Å². The molecule has 0 amide bonds. The third kappa shape index (κ3) is 2.80. The molecule has 0 aliphatic rings. The molecule has 5 heterocycles. The van der Waals surface area contributed by atoms with E-state index in [1.807, 2.05) is 6.20 Å². The summed E-state index contributed by atoms with van der Waals surface area (Å²) in [7, 11) is 0. The molecule has 0 saturated heterocycles. The Morgan fingerprint density at radius 1 is 0.378 bits per heavy atom. The molecule has 0 unspecified atom stereocenters. The molecule has 0 radical (unpaired) electrons. The number of hydrogen-bond acceptors (Lipinski definition) is 1. The van der Waals surface area contributed by atoms with E-state index in [-0.39, 0.29) is 0 Å². The van der Waals surface area contributed by atoms with E-state index in [2.05, 4.69) is 153 Å². The van der Waals surface area contributed by atoms with Crippen molar-refractivity contribution in [3.63, 3.8) is 0 Å². The smallest absolute Gasteiger partial charge is 0.0745 e. The van der Waals surface area contributed by atoms with Crippen molar-refractivity contribution in [2.45, 2.75) is 0 Å². The van der Waals surface area contributed by atoms with E-state index < -0.39 is 0 Å². The van der Waals surface area contributed by atoms with Gasteiger partial charge in [0.05, 0.1) is 56.7 Å². The Hall–Kier alpha value is -6.13. The van der Waals surface area contributed by atoms with Crippen LogP contribution in [0.4, 0.5) is 0 Å². The van der Waals surface area contributed by atoms with E-state index in [0.29, 0.717) is 0 Å². The van der Waals surface area contributed by atoms with Crippen molar-refractivity contribution in [2.75, 3.05) is 0 Å². The van der Waals surface area contributed by atoms with Gasteiger partial charge in [0.15, 0.2) is 0 Å². The van der Waals surface area contributed by atoms with Crippen LogP contribution in [0.1, 0.15) is 0 Å². The average Bonchev–Trinajstić information content (AvgIpc) is 3.82. The highest BCUT2D eigenvalue weighted by atomic mass is 15.0. The van der Waals surface area contributed by atoms with Crippen LogP contribution >= 0.6 is 0 Å². The molecular formula is C41H24N4. The van der Waals surface area contributed by atoms with Crippen LogP contribution in [0.3, 0.4) is 0 Å². The lowest BCUT2D eigenvalue weighted by molar-refractivity contribution is 1.14. The maximum atomic E-state index is 4.91. The molecule has 11 aromatic rings. The number of rotatable bonds is 2. The summed E-state index contributed by atoms with van der Waals surface area (Å²) >= 11 is 0. The van der Waals surface area contributed by atoms with Crippen molar-refractivity contribution in [1.82, 2.24) is 18.5 Å². The molecule has 4 heteroatoms. The van der Waals surface area contributed by atoms with E-state index in [1.54, 1.807) is 0 Å². The summed E-state index contributed by atoms with van der Waals surface area (Å²) in [6, 6.07) is 48.3. The second-order valence-corrected chi connectivity index (χ2v) is 12.0. The van der Waals surface area contributed by atoms with E-state index in [4.69, 9.17) is 4.98 Å². The lowest BCUT2D eigenvalue weighted by atomic mass is 10.0. The summed E-state index contributed by atoms with van der Waals surface area (Å²) in [4.78, 5) is 4.91. The van der Waals surface area contributed by atoms with Gasteiger partial charge in [-0.3, -0.25) is 4.98 Å². The summed E-state index contributed by atoms with van der Waals surface area (Å²) in [6.45, 7) is 0. The molecule has 6 aromatic carbocycles. The average molecular weight is 573 g/mol. The number of pyridine rings is 1. The number of nitrogens with zero attached hydrogens (tertiary/aromatic N) is 4. The minimum absolute atomic E-state index is 1.09. The maximum absolute atomic E-state index is 4.91. The second-order valence-electron chi connectivity index (χ2n) is 12.0. The van der Waals surface area contributed by atoms with Crippen LogP contribution in [0.15, 0.2) is 146 Å². The number of hydrogen-bond donors (Lipinski definition) is 0. The van der Waals surface area contributed by atoms with Gasteiger partial charge in [-0.25, -0.2) is 0 Å². The van der Waals surface area contributed by atoms with E-state index in [9.17, 15) is 0 Å². The molecule has 0 atom stereocenters. The Morgan fingerprint density at radius 2 is 0.933 bits per heavy atom. The summed E-state index contributed by atoms with van der Waals surface area (Å²) < 4.78 is 7.28. The van der Waals surface area contributed by atoms with E-state index in [1.165, 1.54) is 76.2 Å².